The number of carbonyl (C=O) groups is 1. The molecule has 1 aromatic carbocycles. The Morgan fingerprint density at radius 1 is 1.19 bits per heavy atom. The van der Waals surface area contributed by atoms with Crippen molar-refractivity contribution in [2.24, 2.45) is 0 Å². The van der Waals surface area contributed by atoms with Crippen LogP contribution in [0.5, 0.6) is 0 Å². The smallest absolute Gasteiger partial charge is 0.269 e. The minimum Gasteiger partial charge on any atom is -0.306 e. The van der Waals surface area contributed by atoms with E-state index in [1.54, 1.807) is 6.92 Å². The molecule has 2 aromatic rings. The molecule has 0 N–H and O–H groups in total. The lowest BCUT2D eigenvalue weighted by Crippen LogP contribution is -2.23. The first kappa shape index (κ1) is 15.3. The van der Waals surface area contributed by atoms with Gasteiger partial charge in [0.05, 0.1) is 11.3 Å². The molecule has 0 amide bonds. The highest BCUT2D eigenvalue weighted by Gasteiger charge is 2.21. The lowest BCUT2D eigenvalue weighted by atomic mass is 10.0. The number of aldehydes is 1. The third-order valence-electron chi connectivity index (χ3n) is 2.96. The van der Waals surface area contributed by atoms with Crippen molar-refractivity contribution in [1.29, 1.82) is 0 Å². The molecule has 0 aliphatic rings. The lowest BCUT2D eigenvalue weighted by molar-refractivity contribution is 0.112. The van der Waals surface area contributed by atoms with Gasteiger partial charge in [0.1, 0.15) is 22.5 Å². The highest BCUT2D eigenvalue weighted by Crippen LogP contribution is 2.29. The minimum atomic E-state index is -1.21. The fourth-order valence-corrected chi connectivity index (χ4v) is 2.31. The van der Waals surface area contributed by atoms with E-state index in [-0.39, 0.29) is 22.8 Å². The first-order valence-electron chi connectivity index (χ1n) is 5.94. The molecule has 0 aliphatic heterocycles. The molecule has 110 valence electrons. The zero-order valence-corrected chi connectivity index (χ0v) is 11.5. The van der Waals surface area contributed by atoms with Gasteiger partial charge in [-0.2, -0.15) is 0 Å². The number of halogens is 4. The Kier molecular flexibility index (Phi) is 4.18. The quantitative estimate of drug-likeness (QED) is 0.814. The van der Waals surface area contributed by atoms with Gasteiger partial charge in [0, 0.05) is 24.2 Å². The van der Waals surface area contributed by atoms with Crippen LogP contribution in [0, 0.1) is 17.5 Å². The lowest BCUT2D eigenvalue weighted by Gasteiger charge is -2.15. The molecular formula is C14H9ClF3NO2. The second-order valence-electron chi connectivity index (χ2n) is 4.21. The van der Waals surface area contributed by atoms with Crippen molar-refractivity contribution in [3.63, 3.8) is 0 Å². The number of aromatic nitrogens is 1. The van der Waals surface area contributed by atoms with Crippen LogP contribution in [0.4, 0.5) is 13.2 Å². The number of nitrogens with zero attached hydrogens (tertiary/aromatic N) is 1. The molecule has 0 radical (unpaired) electrons. The average Bonchev–Trinajstić information content (AvgIpc) is 2.41. The first-order valence-corrected chi connectivity index (χ1v) is 6.31. The minimum absolute atomic E-state index is 0.0336. The molecule has 0 saturated carbocycles. The van der Waals surface area contributed by atoms with Crippen molar-refractivity contribution >= 4 is 17.9 Å². The molecule has 0 aliphatic carbocycles. The van der Waals surface area contributed by atoms with E-state index in [0.717, 1.165) is 10.6 Å². The van der Waals surface area contributed by atoms with Crippen LogP contribution in [-0.4, -0.2) is 10.9 Å². The summed E-state index contributed by atoms with van der Waals surface area (Å²) in [5, 5.41) is -0.245. The van der Waals surface area contributed by atoms with Gasteiger partial charge in [0.15, 0.2) is 6.29 Å². The predicted molar refractivity (Wildman–Crippen MR) is 72.1 cm³/mol. The number of carbonyl (C=O) groups excluding carboxylic acids is 1. The van der Waals surface area contributed by atoms with Crippen LogP contribution in [0.15, 0.2) is 23.0 Å². The number of rotatable bonds is 3. The summed E-state index contributed by atoms with van der Waals surface area (Å²) in [7, 11) is 0. The topological polar surface area (TPSA) is 39.1 Å². The van der Waals surface area contributed by atoms with E-state index in [2.05, 4.69) is 0 Å². The number of hydrogen-bond donors (Lipinski definition) is 0. The summed E-state index contributed by atoms with van der Waals surface area (Å²) in [4.78, 5) is 23.1. The van der Waals surface area contributed by atoms with Gasteiger partial charge >= 0.3 is 0 Å². The number of pyridine rings is 1. The van der Waals surface area contributed by atoms with Crippen LogP contribution < -0.4 is 5.56 Å². The van der Waals surface area contributed by atoms with E-state index in [1.165, 1.54) is 0 Å². The molecule has 0 atom stereocenters. The maximum Gasteiger partial charge on any atom is 0.269 e. The second kappa shape index (κ2) is 5.73. The normalized spacial score (nSPS) is 10.7. The summed E-state index contributed by atoms with van der Waals surface area (Å²) < 4.78 is 41.8. The Morgan fingerprint density at radius 3 is 2.24 bits per heavy atom. The molecule has 3 nitrogen and oxygen atoms in total. The summed E-state index contributed by atoms with van der Waals surface area (Å²) in [6.45, 7) is 1.58. The van der Waals surface area contributed by atoms with Gasteiger partial charge in [0.2, 0.25) is 0 Å². The van der Waals surface area contributed by atoms with Gasteiger partial charge in [-0.05, 0) is 13.0 Å². The van der Waals surface area contributed by atoms with Gasteiger partial charge in [-0.1, -0.05) is 11.6 Å². The molecule has 21 heavy (non-hydrogen) atoms. The summed E-state index contributed by atoms with van der Waals surface area (Å²) in [6.07, 6.45) is 0.328. The number of benzene rings is 1. The van der Waals surface area contributed by atoms with Gasteiger partial charge < -0.3 is 4.57 Å². The molecule has 0 spiro atoms. The average molecular weight is 316 g/mol. The Bertz CT molecular complexity index is 764. The van der Waals surface area contributed by atoms with Crippen LogP contribution in [0.25, 0.3) is 11.3 Å². The highest BCUT2D eigenvalue weighted by atomic mass is 35.5. The van der Waals surface area contributed by atoms with Crippen LogP contribution in [0.3, 0.4) is 0 Å². The largest absolute Gasteiger partial charge is 0.306 e. The Labute approximate surface area is 122 Å². The summed E-state index contributed by atoms with van der Waals surface area (Å²) in [5.41, 5.74) is -1.76. The maximum absolute atomic E-state index is 13.9. The summed E-state index contributed by atoms with van der Waals surface area (Å²) >= 11 is 5.70. The van der Waals surface area contributed by atoms with Gasteiger partial charge in [-0.3, -0.25) is 9.59 Å². The molecule has 7 heteroatoms. The highest BCUT2D eigenvalue weighted by molar-refractivity contribution is 6.30. The molecule has 0 fully saturated rings. The van der Waals surface area contributed by atoms with Crippen LogP contribution >= 0.6 is 11.6 Å². The third-order valence-corrected chi connectivity index (χ3v) is 3.23. The monoisotopic (exact) mass is 315 g/mol. The Balaban J connectivity index is 2.96. The van der Waals surface area contributed by atoms with Crippen LogP contribution in [0.1, 0.15) is 17.3 Å². The van der Waals surface area contributed by atoms with Crippen molar-refractivity contribution in [3.8, 4) is 11.3 Å². The van der Waals surface area contributed by atoms with E-state index in [9.17, 15) is 22.8 Å². The van der Waals surface area contributed by atoms with Crippen LogP contribution in [0.2, 0.25) is 5.02 Å². The van der Waals surface area contributed by atoms with Gasteiger partial charge in [0.25, 0.3) is 5.56 Å². The number of hydrogen-bond acceptors (Lipinski definition) is 2. The standard InChI is InChI=1S/C14H9ClF3NO2/c1-2-19-13(7(6-20)3-9(15)14(19)21)12-10(17)4-8(16)5-11(12)18/h3-6H,2H2,1H3. The first-order chi connectivity index (χ1) is 9.90. The third kappa shape index (κ3) is 2.58. The van der Waals surface area contributed by atoms with E-state index in [0.29, 0.717) is 18.4 Å². The Morgan fingerprint density at radius 2 is 1.76 bits per heavy atom. The van der Waals surface area contributed by atoms with E-state index in [1.807, 2.05) is 0 Å². The van der Waals surface area contributed by atoms with Crippen molar-refractivity contribution in [1.82, 2.24) is 4.57 Å². The van der Waals surface area contributed by atoms with Gasteiger partial charge in [-0.25, -0.2) is 13.2 Å². The molecule has 0 bridgehead atoms. The van der Waals surface area contributed by atoms with E-state index in [4.69, 9.17) is 11.6 Å². The van der Waals surface area contributed by atoms with Crippen molar-refractivity contribution in [2.45, 2.75) is 13.5 Å². The fourth-order valence-electron chi connectivity index (χ4n) is 2.09. The predicted octanol–water partition coefficient (Wildman–Crippen LogP) is 3.42. The van der Waals surface area contributed by atoms with E-state index >= 15 is 0 Å². The second-order valence-corrected chi connectivity index (χ2v) is 4.62. The molecule has 1 heterocycles. The molecular weight excluding hydrogens is 307 g/mol. The SMILES string of the molecule is CCn1c(-c2c(F)cc(F)cc2F)c(C=O)cc(Cl)c1=O. The fraction of sp³-hybridized carbons (Fsp3) is 0.143. The zero-order valence-electron chi connectivity index (χ0n) is 10.8. The Hall–Kier alpha value is -2.08. The summed E-state index contributed by atoms with van der Waals surface area (Å²) in [5.74, 6) is -3.51. The van der Waals surface area contributed by atoms with E-state index < -0.39 is 28.6 Å². The molecule has 0 unspecified atom stereocenters. The molecule has 1 aromatic heterocycles. The van der Waals surface area contributed by atoms with Crippen molar-refractivity contribution < 1.29 is 18.0 Å². The zero-order chi connectivity index (χ0) is 15.7. The molecule has 2 rings (SSSR count). The van der Waals surface area contributed by atoms with Crippen LogP contribution in [-0.2, 0) is 6.54 Å². The van der Waals surface area contributed by atoms with Gasteiger partial charge in [-0.15, -0.1) is 0 Å². The van der Waals surface area contributed by atoms with Crippen molar-refractivity contribution in [3.05, 3.63) is 56.6 Å². The van der Waals surface area contributed by atoms with Crippen molar-refractivity contribution in [2.75, 3.05) is 0 Å². The maximum atomic E-state index is 13.9. The molecule has 0 saturated heterocycles. The summed E-state index contributed by atoms with van der Waals surface area (Å²) in [6, 6.07) is 1.98.